The Hall–Kier alpha value is -2.41. The van der Waals surface area contributed by atoms with Crippen LogP contribution in [-0.2, 0) is 20.8 Å². The second-order valence-electron chi connectivity index (χ2n) is 4.94. The van der Waals surface area contributed by atoms with Crippen LogP contribution in [0, 0.1) is 5.92 Å². The van der Waals surface area contributed by atoms with Gasteiger partial charge in [0, 0.05) is 19.4 Å². The maximum absolute atomic E-state index is 11.1. The Kier molecular flexibility index (Phi) is 7.04. The Labute approximate surface area is 127 Å². The molecular formula is C15H19NO6. The number of aliphatic carboxylic acids is 2. The molecule has 1 rings (SSSR count). The van der Waals surface area contributed by atoms with Gasteiger partial charge in [0.2, 0.25) is 6.41 Å². The second kappa shape index (κ2) is 8.78. The molecule has 0 saturated heterocycles. The van der Waals surface area contributed by atoms with Crippen LogP contribution in [0.1, 0.15) is 18.4 Å². The standard InChI is InChI=1S/C15H19NO6/c17-10-16(9-12(15(21)22)6-7-14(19)20)13(18)8-11-4-2-1-3-5-11/h1-5,10,12-13,18H,6-9H2,(H,19,20)(H,21,22). The van der Waals surface area contributed by atoms with Crippen LogP contribution in [0.25, 0.3) is 0 Å². The highest BCUT2D eigenvalue weighted by molar-refractivity contribution is 5.72. The summed E-state index contributed by atoms with van der Waals surface area (Å²) < 4.78 is 0. The van der Waals surface area contributed by atoms with Crippen LogP contribution >= 0.6 is 0 Å². The average molecular weight is 309 g/mol. The highest BCUT2D eigenvalue weighted by atomic mass is 16.4. The molecule has 2 atom stereocenters. The lowest BCUT2D eigenvalue weighted by atomic mass is 10.0. The molecule has 1 aromatic carbocycles. The van der Waals surface area contributed by atoms with E-state index in [2.05, 4.69) is 0 Å². The summed E-state index contributed by atoms with van der Waals surface area (Å²) in [6, 6.07) is 8.97. The van der Waals surface area contributed by atoms with Gasteiger partial charge in [0.15, 0.2) is 0 Å². The molecule has 7 nitrogen and oxygen atoms in total. The number of carbonyl (C=O) groups is 3. The number of aliphatic hydroxyl groups is 1. The average Bonchev–Trinajstić information content (AvgIpc) is 2.47. The molecule has 22 heavy (non-hydrogen) atoms. The van der Waals surface area contributed by atoms with Crippen molar-refractivity contribution in [3.8, 4) is 0 Å². The van der Waals surface area contributed by atoms with E-state index in [1.54, 1.807) is 24.3 Å². The lowest BCUT2D eigenvalue weighted by Gasteiger charge is -2.26. The fourth-order valence-corrected chi connectivity index (χ4v) is 2.02. The molecular weight excluding hydrogens is 290 g/mol. The van der Waals surface area contributed by atoms with E-state index < -0.39 is 24.1 Å². The van der Waals surface area contributed by atoms with Crippen LogP contribution in [0.4, 0.5) is 0 Å². The summed E-state index contributed by atoms with van der Waals surface area (Å²) in [4.78, 5) is 33.7. The molecule has 2 unspecified atom stereocenters. The van der Waals surface area contributed by atoms with Gasteiger partial charge in [-0.25, -0.2) is 0 Å². The number of hydrogen-bond acceptors (Lipinski definition) is 4. The molecule has 0 radical (unpaired) electrons. The Balaban J connectivity index is 2.66. The van der Waals surface area contributed by atoms with Gasteiger partial charge in [0.25, 0.3) is 0 Å². The topological polar surface area (TPSA) is 115 Å². The fraction of sp³-hybridized carbons (Fsp3) is 0.400. The first-order valence-electron chi connectivity index (χ1n) is 6.81. The maximum Gasteiger partial charge on any atom is 0.308 e. The number of carboxylic acids is 2. The van der Waals surface area contributed by atoms with Crippen LogP contribution in [0.5, 0.6) is 0 Å². The van der Waals surface area contributed by atoms with Crippen LogP contribution in [0.15, 0.2) is 30.3 Å². The van der Waals surface area contributed by atoms with Crippen molar-refractivity contribution >= 4 is 18.3 Å². The number of aliphatic hydroxyl groups excluding tert-OH is 1. The minimum absolute atomic E-state index is 0.104. The van der Waals surface area contributed by atoms with Gasteiger partial charge in [-0.05, 0) is 12.0 Å². The molecule has 0 aliphatic carbocycles. The summed E-state index contributed by atoms with van der Waals surface area (Å²) >= 11 is 0. The summed E-state index contributed by atoms with van der Waals surface area (Å²) in [6.45, 7) is -0.236. The Morgan fingerprint density at radius 2 is 1.82 bits per heavy atom. The van der Waals surface area contributed by atoms with Crippen molar-refractivity contribution in [2.45, 2.75) is 25.5 Å². The number of hydrogen-bond donors (Lipinski definition) is 3. The molecule has 0 heterocycles. The fourth-order valence-electron chi connectivity index (χ4n) is 2.02. The van der Waals surface area contributed by atoms with Gasteiger partial charge >= 0.3 is 11.9 Å². The SMILES string of the molecule is O=CN(CC(CCC(=O)O)C(=O)O)C(O)Cc1ccccc1. The maximum atomic E-state index is 11.1. The molecule has 1 amide bonds. The zero-order valence-corrected chi connectivity index (χ0v) is 12.0. The summed E-state index contributed by atoms with van der Waals surface area (Å²) in [5, 5.41) is 27.8. The van der Waals surface area contributed by atoms with Gasteiger partial charge in [-0.1, -0.05) is 30.3 Å². The van der Waals surface area contributed by atoms with Crippen molar-refractivity contribution in [2.24, 2.45) is 5.92 Å². The molecule has 0 aliphatic rings. The highest BCUT2D eigenvalue weighted by Gasteiger charge is 2.24. The lowest BCUT2D eigenvalue weighted by molar-refractivity contribution is -0.145. The molecule has 3 N–H and O–H groups in total. The van der Waals surface area contributed by atoms with Crippen molar-refractivity contribution in [2.75, 3.05) is 6.54 Å². The Morgan fingerprint density at radius 3 is 2.32 bits per heavy atom. The monoisotopic (exact) mass is 309 g/mol. The summed E-state index contributed by atoms with van der Waals surface area (Å²) in [7, 11) is 0. The summed E-state index contributed by atoms with van der Waals surface area (Å²) in [5.41, 5.74) is 0.805. The van der Waals surface area contributed by atoms with Crippen molar-refractivity contribution in [1.82, 2.24) is 4.90 Å². The summed E-state index contributed by atoms with van der Waals surface area (Å²) in [5.74, 6) is -3.33. The largest absolute Gasteiger partial charge is 0.481 e. The van der Waals surface area contributed by atoms with E-state index in [0.717, 1.165) is 10.5 Å². The van der Waals surface area contributed by atoms with Gasteiger partial charge in [0.05, 0.1) is 5.92 Å². The van der Waals surface area contributed by atoms with E-state index in [1.807, 2.05) is 6.07 Å². The minimum Gasteiger partial charge on any atom is -0.481 e. The molecule has 0 spiro atoms. The summed E-state index contributed by atoms with van der Waals surface area (Å²) in [6.07, 6.45) is -1.02. The number of rotatable bonds is 10. The smallest absolute Gasteiger partial charge is 0.308 e. The van der Waals surface area contributed by atoms with E-state index >= 15 is 0 Å². The van der Waals surface area contributed by atoms with Crippen molar-refractivity contribution in [1.29, 1.82) is 0 Å². The Bertz CT molecular complexity index is 504. The normalized spacial score (nSPS) is 13.1. The molecule has 0 aliphatic heterocycles. The molecule has 0 bridgehead atoms. The minimum atomic E-state index is -1.19. The number of carbonyl (C=O) groups excluding carboxylic acids is 1. The van der Waals surface area contributed by atoms with E-state index in [9.17, 15) is 19.5 Å². The number of nitrogens with zero attached hydrogens (tertiary/aromatic N) is 1. The van der Waals surface area contributed by atoms with Gasteiger partial charge in [-0.3, -0.25) is 14.4 Å². The molecule has 0 fully saturated rings. The molecule has 120 valence electrons. The van der Waals surface area contributed by atoms with E-state index in [-0.39, 0.29) is 25.8 Å². The highest BCUT2D eigenvalue weighted by Crippen LogP contribution is 2.12. The van der Waals surface area contributed by atoms with E-state index in [0.29, 0.717) is 6.41 Å². The van der Waals surface area contributed by atoms with Crippen LogP contribution in [0.2, 0.25) is 0 Å². The van der Waals surface area contributed by atoms with Crippen molar-refractivity contribution in [3.63, 3.8) is 0 Å². The molecule has 1 aromatic rings. The third-order valence-electron chi connectivity index (χ3n) is 3.27. The number of benzene rings is 1. The first kappa shape index (κ1) is 17.6. The van der Waals surface area contributed by atoms with Crippen LogP contribution in [0.3, 0.4) is 0 Å². The van der Waals surface area contributed by atoms with Gasteiger partial charge in [-0.2, -0.15) is 0 Å². The van der Waals surface area contributed by atoms with E-state index in [4.69, 9.17) is 10.2 Å². The van der Waals surface area contributed by atoms with Gasteiger partial charge in [0.1, 0.15) is 6.23 Å². The quantitative estimate of drug-likeness (QED) is 0.430. The third kappa shape index (κ3) is 5.92. The van der Waals surface area contributed by atoms with Crippen LogP contribution < -0.4 is 0 Å². The van der Waals surface area contributed by atoms with Gasteiger partial charge < -0.3 is 20.2 Å². The molecule has 0 aromatic heterocycles. The zero-order valence-electron chi connectivity index (χ0n) is 12.0. The van der Waals surface area contributed by atoms with Crippen molar-refractivity contribution < 1.29 is 29.7 Å². The molecule has 0 saturated carbocycles. The Morgan fingerprint density at radius 1 is 1.18 bits per heavy atom. The first-order chi connectivity index (χ1) is 10.4. The lowest BCUT2D eigenvalue weighted by Crippen LogP contribution is -2.41. The van der Waals surface area contributed by atoms with Crippen molar-refractivity contribution in [3.05, 3.63) is 35.9 Å². The predicted molar refractivity (Wildman–Crippen MR) is 76.9 cm³/mol. The van der Waals surface area contributed by atoms with Crippen LogP contribution in [-0.4, -0.2) is 51.3 Å². The number of amides is 1. The number of carboxylic acid groups (broad SMARTS) is 2. The third-order valence-corrected chi connectivity index (χ3v) is 3.27. The van der Waals surface area contributed by atoms with Gasteiger partial charge in [-0.15, -0.1) is 0 Å². The molecule has 7 heteroatoms. The zero-order chi connectivity index (χ0) is 16.5. The predicted octanol–water partition coefficient (Wildman–Crippen LogP) is 0.572. The first-order valence-corrected chi connectivity index (χ1v) is 6.81. The second-order valence-corrected chi connectivity index (χ2v) is 4.94. The van der Waals surface area contributed by atoms with E-state index in [1.165, 1.54) is 0 Å².